The SMILES string of the molecule is FC(F)=C(F)OC(F)(F)C(F)(OC(F)(F)C(F)(OC(F)(F)C(F)(OC(F)(F)C(F)(F)C(F)(F)F)C(F)(F)F)C(F)(F)F)C(F)(F)F. The summed E-state index contributed by atoms with van der Waals surface area (Å²) in [5, 5.41) is 0. The summed E-state index contributed by atoms with van der Waals surface area (Å²) >= 11 is 0. The first-order valence-corrected chi connectivity index (χ1v) is 9.17. The van der Waals surface area contributed by atoms with Crippen molar-refractivity contribution in [2.24, 2.45) is 0 Å². The van der Waals surface area contributed by atoms with Crippen molar-refractivity contribution in [2.75, 3.05) is 0 Å². The van der Waals surface area contributed by atoms with Crippen LogP contribution in [-0.4, -0.2) is 72.6 Å². The van der Waals surface area contributed by atoms with Crippen LogP contribution < -0.4 is 0 Å². The van der Waals surface area contributed by atoms with Gasteiger partial charge in [-0.05, 0) is 0 Å². The van der Waals surface area contributed by atoms with Gasteiger partial charge in [-0.3, -0.25) is 14.2 Å². The minimum absolute atomic E-state index is 0.878. The Hall–Kier alpha value is -2.54. The lowest BCUT2D eigenvalue weighted by Gasteiger charge is -2.43. The number of ether oxygens (including phenoxy) is 4. The van der Waals surface area contributed by atoms with Gasteiger partial charge in [0.2, 0.25) is 0 Å². The average Bonchev–Trinajstić information content (AvgIpc) is 2.74. The molecule has 0 aliphatic rings. The standard InChI is InChI=1S/C14F28O4/c15-1(16)2(17)43-12(37,38)4(20,8(26,27)28)45-14(41,42)6(22,10(32,33)34)46-13(39,40)5(21,9(29,30)31)44-11(35,36)3(18,19)7(23,24)25. The maximum absolute atomic E-state index is 14.2. The molecule has 0 saturated heterocycles. The van der Waals surface area contributed by atoms with Crippen molar-refractivity contribution in [1.82, 2.24) is 0 Å². The maximum Gasteiger partial charge on any atom is 0.471 e. The van der Waals surface area contributed by atoms with Gasteiger partial charge in [0.1, 0.15) is 0 Å². The summed E-state index contributed by atoms with van der Waals surface area (Å²) in [6.45, 7) is 0. The lowest BCUT2D eigenvalue weighted by Crippen LogP contribution is -2.71. The minimum atomic E-state index is -9.06. The Kier molecular flexibility index (Phi) is 10.9. The highest BCUT2D eigenvalue weighted by atomic mass is 19.4. The quantitative estimate of drug-likeness (QED) is 0.147. The first kappa shape index (κ1) is 43.5. The molecule has 0 amide bonds. The molecule has 0 aliphatic heterocycles. The van der Waals surface area contributed by atoms with E-state index in [2.05, 4.69) is 0 Å². The zero-order valence-corrected chi connectivity index (χ0v) is 19.2. The average molecular weight is 764 g/mol. The molecular weight excluding hydrogens is 764 g/mol. The number of alkyl halides is 25. The molecule has 0 heterocycles. The van der Waals surface area contributed by atoms with Crippen LogP contribution in [0.3, 0.4) is 0 Å². The van der Waals surface area contributed by atoms with Gasteiger partial charge in [0.25, 0.3) is 0 Å². The molecule has 0 bridgehead atoms. The van der Waals surface area contributed by atoms with Crippen LogP contribution in [0.25, 0.3) is 0 Å². The molecule has 0 saturated carbocycles. The summed E-state index contributed by atoms with van der Waals surface area (Å²) in [6, 6.07) is -4.46. The number of hydrogen-bond acceptors (Lipinski definition) is 4. The molecule has 0 aliphatic carbocycles. The van der Waals surface area contributed by atoms with Gasteiger partial charge in [-0.2, -0.15) is 123 Å². The number of halogens is 28. The number of rotatable bonds is 12. The second-order valence-corrected chi connectivity index (χ2v) is 7.36. The third kappa shape index (κ3) is 7.29. The van der Waals surface area contributed by atoms with Crippen molar-refractivity contribution in [3.8, 4) is 0 Å². The van der Waals surface area contributed by atoms with Crippen LogP contribution in [0.15, 0.2) is 12.1 Å². The minimum Gasteiger partial charge on any atom is -0.398 e. The van der Waals surface area contributed by atoms with Gasteiger partial charge in [-0.1, -0.05) is 0 Å². The molecule has 0 aromatic heterocycles. The molecule has 4 nitrogen and oxygen atoms in total. The van der Waals surface area contributed by atoms with E-state index in [0.29, 0.717) is 0 Å². The molecule has 0 N–H and O–H groups in total. The molecule has 0 aromatic carbocycles. The zero-order valence-electron chi connectivity index (χ0n) is 19.2. The molecule has 0 rings (SSSR count). The summed E-state index contributed by atoms with van der Waals surface area (Å²) in [5.41, 5.74) is 0. The predicted octanol–water partition coefficient (Wildman–Crippen LogP) is 9.34. The van der Waals surface area contributed by atoms with Crippen LogP contribution in [0.1, 0.15) is 0 Å². The molecule has 3 unspecified atom stereocenters. The first-order valence-electron chi connectivity index (χ1n) is 9.17. The Bertz CT molecular complexity index is 1110. The summed E-state index contributed by atoms with van der Waals surface area (Å²) in [4.78, 5) is 0. The van der Waals surface area contributed by atoms with E-state index in [9.17, 15) is 123 Å². The van der Waals surface area contributed by atoms with Crippen LogP contribution in [0.4, 0.5) is 123 Å². The molecule has 0 fully saturated rings. The lowest BCUT2D eigenvalue weighted by atomic mass is 10.2. The predicted molar refractivity (Wildman–Crippen MR) is 75.2 cm³/mol. The number of hydrogen-bond donors (Lipinski definition) is 0. The smallest absolute Gasteiger partial charge is 0.398 e. The fourth-order valence-electron chi connectivity index (χ4n) is 1.95. The van der Waals surface area contributed by atoms with Crippen LogP contribution in [0.2, 0.25) is 0 Å². The molecular formula is C14F28O4. The summed E-state index contributed by atoms with van der Waals surface area (Å²) in [7, 11) is 0. The molecule has 0 spiro atoms. The highest BCUT2D eigenvalue weighted by Crippen LogP contribution is 2.60. The highest BCUT2D eigenvalue weighted by molar-refractivity contribution is 4.99. The van der Waals surface area contributed by atoms with E-state index in [1.807, 2.05) is 0 Å². The fourth-order valence-corrected chi connectivity index (χ4v) is 1.95. The van der Waals surface area contributed by atoms with Gasteiger partial charge in [-0.25, -0.2) is 0 Å². The van der Waals surface area contributed by atoms with Gasteiger partial charge in [0.05, 0.1) is 0 Å². The van der Waals surface area contributed by atoms with Crippen molar-refractivity contribution in [2.45, 2.75) is 72.6 Å². The second-order valence-electron chi connectivity index (χ2n) is 7.36. The fraction of sp³-hybridized carbons (Fsp3) is 0.857. The summed E-state index contributed by atoms with van der Waals surface area (Å²) in [5.74, 6) is -34.8. The Morgan fingerprint density at radius 1 is 0.304 bits per heavy atom. The van der Waals surface area contributed by atoms with Crippen molar-refractivity contribution >= 4 is 0 Å². The third-order valence-electron chi connectivity index (χ3n) is 4.11. The summed E-state index contributed by atoms with van der Waals surface area (Å²) in [6.07, 6.45) is -72.6. The van der Waals surface area contributed by atoms with Crippen LogP contribution in [-0.2, 0) is 18.9 Å². The molecule has 0 aromatic rings. The Morgan fingerprint density at radius 2 is 0.543 bits per heavy atom. The highest BCUT2D eigenvalue weighted by Gasteiger charge is 2.89. The van der Waals surface area contributed by atoms with E-state index in [1.165, 1.54) is 0 Å². The maximum atomic E-state index is 14.2. The van der Waals surface area contributed by atoms with Crippen molar-refractivity contribution in [1.29, 1.82) is 0 Å². The monoisotopic (exact) mass is 764 g/mol. The second kappa shape index (κ2) is 11.6. The first-order chi connectivity index (χ1) is 19.4. The van der Waals surface area contributed by atoms with E-state index < -0.39 is 84.7 Å². The van der Waals surface area contributed by atoms with Gasteiger partial charge in [0, 0.05) is 0 Å². The molecule has 32 heteroatoms. The normalized spacial score (nSPS) is 19.2. The molecule has 0 radical (unpaired) electrons. The topological polar surface area (TPSA) is 36.9 Å². The largest absolute Gasteiger partial charge is 0.471 e. The van der Waals surface area contributed by atoms with E-state index in [0.717, 1.165) is 14.2 Å². The Morgan fingerprint density at radius 3 is 0.761 bits per heavy atom. The Balaban J connectivity index is 7.51. The molecule has 3 atom stereocenters. The van der Waals surface area contributed by atoms with Crippen LogP contribution in [0, 0.1) is 0 Å². The van der Waals surface area contributed by atoms with Crippen molar-refractivity contribution in [3.05, 3.63) is 12.1 Å². The molecule has 46 heavy (non-hydrogen) atoms. The third-order valence-corrected chi connectivity index (χ3v) is 4.11. The molecule has 276 valence electrons. The van der Waals surface area contributed by atoms with Crippen molar-refractivity contribution in [3.63, 3.8) is 0 Å². The summed E-state index contributed by atoms with van der Waals surface area (Å²) < 4.78 is 368. The van der Waals surface area contributed by atoms with Crippen LogP contribution >= 0.6 is 0 Å². The van der Waals surface area contributed by atoms with Gasteiger partial charge in [0.15, 0.2) is 0 Å². The van der Waals surface area contributed by atoms with E-state index in [1.54, 1.807) is 4.74 Å². The van der Waals surface area contributed by atoms with Gasteiger partial charge < -0.3 is 4.74 Å². The van der Waals surface area contributed by atoms with E-state index >= 15 is 0 Å². The van der Waals surface area contributed by atoms with E-state index in [-0.39, 0.29) is 0 Å². The van der Waals surface area contributed by atoms with Gasteiger partial charge in [-0.15, -0.1) is 0 Å². The van der Waals surface area contributed by atoms with Crippen LogP contribution in [0.5, 0.6) is 0 Å². The lowest BCUT2D eigenvalue weighted by molar-refractivity contribution is -0.588. The van der Waals surface area contributed by atoms with Crippen molar-refractivity contribution < 1.29 is 142 Å². The van der Waals surface area contributed by atoms with E-state index in [4.69, 9.17) is 0 Å². The zero-order chi connectivity index (χ0) is 38.0. The Labute approximate surface area is 228 Å². The van der Waals surface area contributed by atoms with Gasteiger partial charge >= 0.3 is 84.7 Å².